The Kier molecular flexibility index (Phi) is 4.86. The van der Waals surface area contributed by atoms with E-state index in [1.165, 1.54) is 0 Å². The van der Waals surface area contributed by atoms with E-state index in [0.29, 0.717) is 18.3 Å². The molecule has 0 saturated heterocycles. The van der Waals surface area contributed by atoms with Crippen molar-refractivity contribution >= 4 is 20.4 Å². The lowest BCUT2D eigenvalue weighted by atomic mass is 9.63. The highest BCUT2D eigenvalue weighted by molar-refractivity contribution is 6.69. The van der Waals surface area contributed by atoms with Gasteiger partial charge in [-0.05, 0) is 74.9 Å². The fourth-order valence-corrected chi connectivity index (χ4v) is 8.10. The number of aldehydes is 1. The summed E-state index contributed by atoms with van der Waals surface area (Å²) in [5.41, 5.74) is -1.98. The Balaban J connectivity index is 2.13. The summed E-state index contributed by atoms with van der Waals surface area (Å²) in [6, 6.07) is 0. The van der Waals surface area contributed by atoms with Crippen LogP contribution in [0.25, 0.3) is 0 Å². The number of fused-ring (bicyclic) bond motifs is 3. The Morgan fingerprint density at radius 3 is 2.38 bits per heavy atom. The molecule has 3 aliphatic rings. The van der Waals surface area contributed by atoms with Crippen molar-refractivity contribution in [3.8, 4) is 0 Å². The standard InChI is InChI=1S/C21H36O4Si/c1-7-17(23)20(24)11-8-9-15-18-14(19(18,2)3)10-12-21(15,16(20)13-22)25-26(4,5)6/h13-16,18,24H,7-12H2,1-6H3/t14-,15+,16-,18-,20-,21-/m1/s1. The summed E-state index contributed by atoms with van der Waals surface area (Å²) in [5, 5.41) is 11.5. The van der Waals surface area contributed by atoms with Gasteiger partial charge < -0.3 is 14.3 Å². The molecule has 0 aliphatic heterocycles. The van der Waals surface area contributed by atoms with Gasteiger partial charge in [0.2, 0.25) is 0 Å². The Morgan fingerprint density at radius 1 is 1.19 bits per heavy atom. The Morgan fingerprint density at radius 2 is 1.85 bits per heavy atom. The van der Waals surface area contributed by atoms with Gasteiger partial charge >= 0.3 is 0 Å². The van der Waals surface area contributed by atoms with E-state index in [1.807, 2.05) is 0 Å². The quantitative estimate of drug-likeness (QED) is 0.579. The van der Waals surface area contributed by atoms with Gasteiger partial charge in [0.15, 0.2) is 14.1 Å². The first kappa shape index (κ1) is 20.2. The average Bonchev–Trinajstić information content (AvgIpc) is 3.11. The van der Waals surface area contributed by atoms with Crippen LogP contribution in [-0.2, 0) is 14.0 Å². The topological polar surface area (TPSA) is 63.6 Å². The highest BCUT2D eigenvalue weighted by atomic mass is 28.4. The third kappa shape index (κ3) is 2.85. The molecular formula is C21H36O4Si. The highest BCUT2D eigenvalue weighted by Crippen LogP contribution is 2.72. The van der Waals surface area contributed by atoms with Crippen LogP contribution < -0.4 is 0 Å². The van der Waals surface area contributed by atoms with Crippen LogP contribution in [0.2, 0.25) is 19.6 Å². The molecule has 3 fully saturated rings. The van der Waals surface area contributed by atoms with Crippen LogP contribution >= 0.6 is 0 Å². The summed E-state index contributed by atoms with van der Waals surface area (Å²) in [6.45, 7) is 12.9. The third-order valence-corrected chi connectivity index (χ3v) is 8.59. The van der Waals surface area contributed by atoms with E-state index in [2.05, 4.69) is 33.5 Å². The number of hydrogen-bond donors (Lipinski definition) is 1. The molecule has 1 N–H and O–H groups in total. The smallest absolute Gasteiger partial charge is 0.184 e. The summed E-state index contributed by atoms with van der Waals surface area (Å²) in [4.78, 5) is 25.2. The first-order valence-corrected chi connectivity index (χ1v) is 13.8. The lowest BCUT2D eigenvalue weighted by Crippen LogP contribution is -2.63. The molecule has 0 aromatic carbocycles. The van der Waals surface area contributed by atoms with E-state index >= 15 is 0 Å². The van der Waals surface area contributed by atoms with Gasteiger partial charge in [-0.2, -0.15) is 0 Å². The van der Waals surface area contributed by atoms with Crippen LogP contribution in [0.15, 0.2) is 0 Å². The first-order valence-electron chi connectivity index (χ1n) is 10.3. The van der Waals surface area contributed by atoms with Crippen LogP contribution in [0.4, 0.5) is 0 Å². The lowest BCUT2D eigenvalue weighted by molar-refractivity contribution is -0.171. The molecule has 0 amide bonds. The van der Waals surface area contributed by atoms with Crippen LogP contribution in [-0.4, -0.2) is 36.7 Å². The molecule has 0 bridgehead atoms. The van der Waals surface area contributed by atoms with Crippen molar-refractivity contribution in [1.29, 1.82) is 0 Å². The van der Waals surface area contributed by atoms with E-state index in [4.69, 9.17) is 4.43 Å². The predicted molar refractivity (Wildman–Crippen MR) is 104 cm³/mol. The van der Waals surface area contributed by atoms with E-state index in [9.17, 15) is 14.7 Å². The third-order valence-electron chi connectivity index (χ3n) is 7.60. The number of carbonyl (C=O) groups is 2. The fraction of sp³-hybridized carbons (Fsp3) is 0.905. The molecule has 3 aliphatic carbocycles. The second kappa shape index (κ2) is 6.25. The maximum Gasteiger partial charge on any atom is 0.184 e. The van der Waals surface area contributed by atoms with Crippen LogP contribution in [0, 0.1) is 29.1 Å². The van der Waals surface area contributed by atoms with E-state index in [0.717, 1.165) is 32.0 Å². The van der Waals surface area contributed by atoms with Gasteiger partial charge in [-0.3, -0.25) is 4.79 Å². The Labute approximate surface area is 159 Å². The van der Waals surface area contributed by atoms with Gasteiger partial charge in [-0.1, -0.05) is 20.8 Å². The van der Waals surface area contributed by atoms with Crippen molar-refractivity contribution in [2.24, 2.45) is 29.1 Å². The fourth-order valence-electron chi connectivity index (χ4n) is 6.58. The normalized spacial score (nSPS) is 44.4. The molecule has 0 spiro atoms. The van der Waals surface area contributed by atoms with Crippen molar-refractivity contribution in [3.63, 3.8) is 0 Å². The molecule has 0 radical (unpaired) electrons. The molecule has 148 valence electrons. The molecule has 4 nitrogen and oxygen atoms in total. The average molecular weight is 381 g/mol. The number of ketones is 1. The second-order valence-corrected chi connectivity index (χ2v) is 14.9. The minimum atomic E-state index is -1.99. The number of carbonyl (C=O) groups excluding carboxylic acids is 2. The Hall–Kier alpha value is -0.523. The monoisotopic (exact) mass is 380 g/mol. The number of Topliss-reactive ketones (excluding diaryl/α,β-unsaturated/α-hetero) is 1. The van der Waals surface area contributed by atoms with Crippen LogP contribution in [0.3, 0.4) is 0 Å². The second-order valence-electron chi connectivity index (χ2n) is 10.5. The van der Waals surface area contributed by atoms with Gasteiger partial charge in [0, 0.05) is 6.42 Å². The predicted octanol–water partition coefficient (Wildman–Crippen LogP) is 3.97. The SMILES string of the molecule is CCC(=O)[C@@]1(O)CCC[C@H]2[C@H]3[C@@H](CC[C@]2(O[Si](C)(C)C)[C@@H]1C=O)C3(C)C. The summed E-state index contributed by atoms with van der Waals surface area (Å²) < 4.78 is 6.83. The molecule has 26 heavy (non-hydrogen) atoms. The minimum Gasteiger partial charge on any atom is -0.411 e. The first-order chi connectivity index (χ1) is 11.9. The van der Waals surface area contributed by atoms with Gasteiger partial charge in [0.25, 0.3) is 0 Å². The Bertz CT molecular complexity index is 595. The zero-order valence-electron chi connectivity index (χ0n) is 17.3. The summed E-state index contributed by atoms with van der Waals surface area (Å²) in [6.07, 6.45) is 5.04. The van der Waals surface area contributed by atoms with Crippen molar-refractivity contribution in [3.05, 3.63) is 0 Å². The number of hydrogen-bond acceptors (Lipinski definition) is 4. The maximum atomic E-state index is 12.8. The van der Waals surface area contributed by atoms with Crippen LogP contribution in [0.1, 0.15) is 59.3 Å². The number of aliphatic hydroxyl groups is 1. The molecule has 3 rings (SSSR count). The van der Waals surface area contributed by atoms with E-state index < -0.39 is 25.4 Å². The molecule has 0 aromatic rings. The van der Waals surface area contributed by atoms with Crippen molar-refractivity contribution in [2.45, 2.75) is 90.1 Å². The van der Waals surface area contributed by atoms with Gasteiger partial charge in [-0.25, -0.2) is 0 Å². The summed E-state index contributed by atoms with van der Waals surface area (Å²) in [5.74, 6) is 0.530. The molecule has 0 unspecified atom stereocenters. The zero-order chi connectivity index (χ0) is 19.5. The van der Waals surface area contributed by atoms with E-state index in [1.54, 1.807) is 6.92 Å². The maximum absolute atomic E-state index is 12.8. The molecule has 3 saturated carbocycles. The zero-order valence-corrected chi connectivity index (χ0v) is 18.3. The molecular weight excluding hydrogens is 344 g/mol. The van der Waals surface area contributed by atoms with E-state index in [-0.39, 0.29) is 23.5 Å². The van der Waals surface area contributed by atoms with Gasteiger partial charge in [0.05, 0.1) is 11.5 Å². The molecule has 6 atom stereocenters. The van der Waals surface area contributed by atoms with Gasteiger partial charge in [-0.15, -0.1) is 0 Å². The number of rotatable bonds is 5. The van der Waals surface area contributed by atoms with Crippen molar-refractivity contribution in [2.75, 3.05) is 0 Å². The highest BCUT2D eigenvalue weighted by Gasteiger charge is 2.72. The van der Waals surface area contributed by atoms with Crippen molar-refractivity contribution < 1.29 is 19.1 Å². The minimum absolute atomic E-state index is 0.203. The summed E-state index contributed by atoms with van der Waals surface area (Å²) in [7, 11) is -1.99. The molecule has 5 heteroatoms. The van der Waals surface area contributed by atoms with Gasteiger partial charge in [0.1, 0.15) is 11.9 Å². The summed E-state index contributed by atoms with van der Waals surface area (Å²) >= 11 is 0. The van der Waals surface area contributed by atoms with Crippen molar-refractivity contribution in [1.82, 2.24) is 0 Å². The molecule has 0 heterocycles. The largest absolute Gasteiger partial charge is 0.411 e. The lowest BCUT2D eigenvalue weighted by Gasteiger charge is -2.52. The molecule has 0 aromatic heterocycles. The van der Waals surface area contributed by atoms with Crippen LogP contribution in [0.5, 0.6) is 0 Å².